The fourth-order valence-electron chi connectivity index (χ4n) is 2.39. The molecule has 2 aromatic carbocycles. The molecule has 0 aromatic heterocycles. The van der Waals surface area contributed by atoms with Crippen LogP contribution in [0.4, 0.5) is 0 Å². The summed E-state index contributed by atoms with van der Waals surface area (Å²) in [6.45, 7) is 2.50. The standard InChI is InChI=1S/C17H16N2O/c18-10-13-1-3-14(4-2-13)12-20-17-6-5-15-7-8-19-11-16(15)9-17/h1-6,9,19H,7-8,11-12H2. The lowest BCUT2D eigenvalue weighted by Gasteiger charge is -2.18. The van der Waals surface area contributed by atoms with Crippen molar-refractivity contribution in [2.45, 2.75) is 19.6 Å². The number of ether oxygens (including phenoxy) is 1. The molecule has 1 aliphatic heterocycles. The molecule has 3 heteroatoms. The SMILES string of the molecule is N#Cc1ccc(COc2ccc3c(c2)CNCC3)cc1. The van der Waals surface area contributed by atoms with Crippen LogP contribution in [0, 0.1) is 11.3 Å². The van der Waals surface area contributed by atoms with Gasteiger partial charge >= 0.3 is 0 Å². The van der Waals surface area contributed by atoms with Gasteiger partial charge in [0.05, 0.1) is 11.6 Å². The summed E-state index contributed by atoms with van der Waals surface area (Å²) in [4.78, 5) is 0. The van der Waals surface area contributed by atoms with Gasteiger partial charge in [-0.05, 0) is 53.9 Å². The molecular formula is C17H16N2O. The predicted molar refractivity (Wildman–Crippen MR) is 77.3 cm³/mol. The van der Waals surface area contributed by atoms with E-state index >= 15 is 0 Å². The first-order valence-electron chi connectivity index (χ1n) is 6.79. The molecule has 0 saturated carbocycles. The summed E-state index contributed by atoms with van der Waals surface area (Å²) in [6.07, 6.45) is 1.09. The maximum Gasteiger partial charge on any atom is 0.120 e. The highest BCUT2D eigenvalue weighted by Crippen LogP contribution is 2.21. The Bertz CT molecular complexity index is 641. The zero-order chi connectivity index (χ0) is 13.8. The largest absolute Gasteiger partial charge is 0.489 e. The molecule has 0 spiro atoms. The van der Waals surface area contributed by atoms with E-state index in [-0.39, 0.29) is 0 Å². The molecule has 0 saturated heterocycles. The third-order valence-corrected chi connectivity index (χ3v) is 3.55. The van der Waals surface area contributed by atoms with Crippen molar-refractivity contribution >= 4 is 0 Å². The zero-order valence-corrected chi connectivity index (χ0v) is 11.2. The molecule has 0 radical (unpaired) electrons. The minimum absolute atomic E-state index is 0.526. The molecule has 20 heavy (non-hydrogen) atoms. The minimum Gasteiger partial charge on any atom is -0.489 e. The summed E-state index contributed by atoms with van der Waals surface area (Å²) in [5.74, 6) is 0.900. The van der Waals surface area contributed by atoms with Crippen LogP contribution in [0.2, 0.25) is 0 Å². The van der Waals surface area contributed by atoms with Crippen LogP contribution < -0.4 is 10.1 Å². The molecule has 0 amide bonds. The van der Waals surface area contributed by atoms with Gasteiger partial charge in [0.25, 0.3) is 0 Å². The van der Waals surface area contributed by atoms with Crippen molar-refractivity contribution in [1.29, 1.82) is 5.26 Å². The molecule has 1 aliphatic rings. The van der Waals surface area contributed by atoms with E-state index in [1.165, 1.54) is 11.1 Å². The van der Waals surface area contributed by atoms with Crippen molar-refractivity contribution in [1.82, 2.24) is 5.32 Å². The van der Waals surface area contributed by atoms with Gasteiger partial charge in [-0.15, -0.1) is 0 Å². The average molecular weight is 264 g/mol. The Kier molecular flexibility index (Phi) is 3.67. The highest BCUT2D eigenvalue weighted by molar-refractivity contribution is 5.37. The van der Waals surface area contributed by atoms with E-state index in [2.05, 4.69) is 23.5 Å². The number of fused-ring (bicyclic) bond motifs is 1. The third kappa shape index (κ3) is 2.81. The topological polar surface area (TPSA) is 45.0 Å². The van der Waals surface area contributed by atoms with Gasteiger partial charge in [0.15, 0.2) is 0 Å². The van der Waals surface area contributed by atoms with Crippen LogP contribution in [0.25, 0.3) is 0 Å². The summed E-state index contributed by atoms with van der Waals surface area (Å²) in [6, 6.07) is 15.9. The first-order chi connectivity index (χ1) is 9.85. The van der Waals surface area contributed by atoms with Crippen molar-refractivity contribution in [3.8, 4) is 11.8 Å². The van der Waals surface area contributed by atoms with E-state index in [0.29, 0.717) is 12.2 Å². The minimum atomic E-state index is 0.526. The van der Waals surface area contributed by atoms with Crippen LogP contribution in [-0.2, 0) is 19.6 Å². The van der Waals surface area contributed by atoms with Crippen LogP contribution >= 0.6 is 0 Å². The smallest absolute Gasteiger partial charge is 0.120 e. The van der Waals surface area contributed by atoms with E-state index in [0.717, 1.165) is 30.8 Å². The van der Waals surface area contributed by atoms with Gasteiger partial charge < -0.3 is 10.1 Å². The van der Waals surface area contributed by atoms with Gasteiger partial charge in [0.1, 0.15) is 12.4 Å². The number of rotatable bonds is 3. The molecule has 0 aliphatic carbocycles. The monoisotopic (exact) mass is 264 g/mol. The van der Waals surface area contributed by atoms with Crippen LogP contribution in [0.3, 0.4) is 0 Å². The second kappa shape index (κ2) is 5.77. The van der Waals surface area contributed by atoms with E-state index in [4.69, 9.17) is 10.00 Å². The quantitative estimate of drug-likeness (QED) is 0.927. The van der Waals surface area contributed by atoms with Crippen molar-refractivity contribution in [3.63, 3.8) is 0 Å². The normalized spacial score (nSPS) is 13.3. The number of nitrogens with zero attached hydrogens (tertiary/aromatic N) is 1. The van der Waals surface area contributed by atoms with Gasteiger partial charge in [0, 0.05) is 6.54 Å². The lowest BCUT2D eigenvalue weighted by atomic mass is 10.0. The summed E-state index contributed by atoms with van der Waals surface area (Å²) in [7, 11) is 0. The molecule has 0 bridgehead atoms. The maximum atomic E-state index is 8.76. The Labute approximate surface area is 118 Å². The number of nitriles is 1. The summed E-state index contributed by atoms with van der Waals surface area (Å²) >= 11 is 0. The number of benzene rings is 2. The lowest BCUT2D eigenvalue weighted by Crippen LogP contribution is -2.23. The highest BCUT2D eigenvalue weighted by Gasteiger charge is 2.09. The van der Waals surface area contributed by atoms with Crippen molar-refractivity contribution in [2.24, 2.45) is 0 Å². The predicted octanol–water partition coefficient (Wildman–Crippen LogP) is 2.78. The van der Waals surface area contributed by atoms with E-state index in [1.807, 2.05) is 30.3 Å². The zero-order valence-electron chi connectivity index (χ0n) is 11.2. The summed E-state index contributed by atoms with van der Waals surface area (Å²) < 4.78 is 5.82. The van der Waals surface area contributed by atoms with Crippen molar-refractivity contribution in [3.05, 3.63) is 64.7 Å². The first kappa shape index (κ1) is 12.7. The van der Waals surface area contributed by atoms with Gasteiger partial charge in [-0.1, -0.05) is 18.2 Å². The molecule has 2 aromatic rings. The van der Waals surface area contributed by atoms with Gasteiger partial charge in [-0.2, -0.15) is 5.26 Å². The molecule has 0 fully saturated rings. The van der Waals surface area contributed by atoms with Gasteiger partial charge in [-0.3, -0.25) is 0 Å². The Morgan fingerprint density at radius 1 is 1.10 bits per heavy atom. The average Bonchev–Trinajstić information content (AvgIpc) is 2.53. The van der Waals surface area contributed by atoms with E-state index in [1.54, 1.807) is 0 Å². The summed E-state index contributed by atoms with van der Waals surface area (Å²) in [5, 5.41) is 12.1. The fraction of sp³-hybridized carbons (Fsp3) is 0.235. The van der Waals surface area contributed by atoms with Crippen LogP contribution in [0.1, 0.15) is 22.3 Å². The third-order valence-electron chi connectivity index (χ3n) is 3.55. The lowest BCUT2D eigenvalue weighted by molar-refractivity contribution is 0.305. The maximum absolute atomic E-state index is 8.76. The highest BCUT2D eigenvalue weighted by atomic mass is 16.5. The number of hydrogen-bond donors (Lipinski definition) is 1. The molecule has 0 atom stereocenters. The molecule has 1 heterocycles. The second-order valence-electron chi connectivity index (χ2n) is 4.95. The Hall–Kier alpha value is -2.31. The molecular weight excluding hydrogens is 248 g/mol. The van der Waals surface area contributed by atoms with E-state index < -0.39 is 0 Å². The van der Waals surface area contributed by atoms with Gasteiger partial charge in [-0.25, -0.2) is 0 Å². The van der Waals surface area contributed by atoms with Gasteiger partial charge in [0.2, 0.25) is 0 Å². The fourth-order valence-corrected chi connectivity index (χ4v) is 2.39. The molecule has 3 rings (SSSR count). The Balaban J connectivity index is 1.67. The molecule has 3 nitrogen and oxygen atoms in total. The molecule has 1 N–H and O–H groups in total. The first-order valence-corrected chi connectivity index (χ1v) is 6.79. The van der Waals surface area contributed by atoms with E-state index in [9.17, 15) is 0 Å². The van der Waals surface area contributed by atoms with Crippen molar-refractivity contribution < 1.29 is 4.74 Å². The van der Waals surface area contributed by atoms with Crippen molar-refractivity contribution in [2.75, 3.05) is 6.54 Å². The van der Waals surface area contributed by atoms with Crippen LogP contribution in [0.15, 0.2) is 42.5 Å². The second-order valence-corrected chi connectivity index (χ2v) is 4.95. The van der Waals surface area contributed by atoms with Crippen LogP contribution in [-0.4, -0.2) is 6.54 Å². The van der Waals surface area contributed by atoms with Crippen LogP contribution in [0.5, 0.6) is 5.75 Å². The Morgan fingerprint density at radius 3 is 2.75 bits per heavy atom. The Morgan fingerprint density at radius 2 is 1.95 bits per heavy atom. The summed E-state index contributed by atoms with van der Waals surface area (Å²) in [5.41, 5.74) is 4.48. The number of hydrogen-bond acceptors (Lipinski definition) is 3. The molecule has 0 unspecified atom stereocenters. The molecule has 100 valence electrons. The number of nitrogens with one attached hydrogen (secondary N) is 1.